The van der Waals surface area contributed by atoms with Crippen LogP contribution in [0.4, 0.5) is 8.78 Å². The van der Waals surface area contributed by atoms with Crippen molar-refractivity contribution in [1.29, 1.82) is 0 Å². The number of halogens is 2. The summed E-state index contributed by atoms with van der Waals surface area (Å²) >= 11 is 0. The average molecular weight is 277 g/mol. The van der Waals surface area contributed by atoms with Crippen molar-refractivity contribution in [3.63, 3.8) is 0 Å². The summed E-state index contributed by atoms with van der Waals surface area (Å²) in [6, 6.07) is 14.8. The summed E-state index contributed by atoms with van der Waals surface area (Å²) in [5.74, 6) is -2.55. The highest BCUT2D eigenvalue weighted by Gasteiger charge is 2.32. The molecular weight excluding hydrogens is 260 g/mol. The molecule has 0 aromatic heterocycles. The van der Waals surface area contributed by atoms with Crippen LogP contribution in [0.2, 0.25) is 0 Å². The lowest BCUT2D eigenvalue weighted by Gasteiger charge is -2.17. The first kappa shape index (κ1) is 14.5. The number of nitrogens with one attached hydrogen (secondary N) is 1. The Bertz CT molecular complexity index is 526. The number of benzene rings is 2. The van der Waals surface area contributed by atoms with Gasteiger partial charge in [0.15, 0.2) is 6.61 Å². The van der Waals surface area contributed by atoms with Crippen LogP contribution in [-0.2, 0) is 12.5 Å². The molecule has 0 amide bonds. The molecule has 0 aliphatic heterocycles. The normalized spacial score (nSPS) is 11.3. The third kappa shape index (κ3) is 3.78. The summed E-state index contributed by atoms with van der Waals surface area (Å²) in [5.41, 5.74) is 1.04. The van der Waals surface area contributed by atoms with Gasteiger partial charge in [-0.3, -0.25) is 0 Å². The average Bonchev–Trinajstić information content (AvgIpc) is 2.48. The first-order valence-electron chi connectivity index (χ1n) is 6.41. The lowest BCUT2D eigenvalue weighted by molar-refractivity contribution is -0.0467. The molecule has 106 valence electrons. The third-order valence-electron chi connectivity index (χ3n) is 2.92. The molecule has 0 aliphatic carbocycles. The largest absolute Gasteiger partial charge is 0.487 e. The predicted octanol–water partition coefficient (Wildman–Crippen LogP) is 3.58. The molecule has 2 nitrogen and oxygen atoms in total. The second kappa shape index (κ2) is 6.48. The van der Waals surface area contributed by atoms with Gasteiger partial charge in [-0.25, -0.2) is 0 Å². The lowest BCUT2D eigenvalue weighted by Crippen LogP contribution is -2.23. The number of hydrogen-bond acceptors (Lipinski definition) is 2. The summed E-state index contributed by atoms with van der Waals surface area (Å²) in [6.07, 6.45) is 0. The van der Waals surface area contributed by atoms with Crippen LogP contribution in [0.1, 0.15) is 11.1 Å². The van der Waals surface area contributed by atoms with E-state index in [0.29, 0.717) is 5.75 Å². The minimum Gasteiger partial charge on any atom is -0.487 e. The predicted molar refractivity (Wildman–Crippen MR) is 75.0 cm³/mol. The van der Waals surface area contributed by atoms with Crippen LogP contribution in [0.3, 0.4) is 0 Å². The van der Waals surface area contributed by atoms with Gasteiger partial charge in [-0.15, -0.1) is 0 Å². The molecule has 2 aromatic carbocycles. The van der Waals surface area contributed by atoms with E-state index in [1.165, 1.54) is 12.1 Å². The van der Waals surface area contributed by atoms with Crippen LogP contribution in [0, 0.1) is 0 Å². The number of ether oxygens (including phenoxy) is 1. The second-order valence-corrected chi connectivity index (χ2v) is 4.53. The van der Waals surface area contributed by atoms with Gasteiger partial charge in [0.2, 0.25) is 0 Å². The Morgan fingerprint density at radius 3 is 2.25 bits per heavy atom. The minimum atomic E-state index is -3.00. The summed E-state index contributed by atoms with van der Waals surface area (Å²) in [5, 5.41) is 3.02. The monoisotopic (exact) mass is 277 g/mol. The Morgan fingerprint density at radius 2 is 1.65 bits per heavy atom. The highest BCUT2D eigenvalue weighted by molar-refractivity contribution is 5.27. The molecule has 2 aromatic rings. The van der Waals surface area contributed by atoms with Crippen LogP contribution in [-0.4, -0.2) is 13.7 Å². The van der Waals surface area contributed by atoms with Gasteiger partial charge in [0, 0.05) is 12.1 Å². The minimum absolute atomic E-state index is 0.0354. The highest BCUT2D eigenvalue weighted by atomic mass is 19.3. The van der Waals surface area contributed by atoms with Gasteiger partial charge in [0.25, 0.3) is 0 Å². The van der Waals surface area contributed by atoms with Gasteiger partial charge in [0.05, 0.1) is 0 Å². The summed E-state index contributed by atoms with van der Waals surface area (Å²) < 4.78 is 33.0. The van der Waals surface area contributed by atoms with E-state index in [4.69, 9.17) is 4.74 Å². The maximum atomic E-state index is 13.9. The van der Waals surface area contributed by atoms with Crippen LogP contribution in [0.15, 0.2) is 54.6 Å². The Kier molecular flexibility index (Phi) is 4.69. The van der Waals surface area contributed by atoms with Gasteiger partial charge in [0.1, 0.15) is 5.75 Å². The molecule has 0 aliphatic rings. The molecule has 1 N–H and O–H groups in total. The molecule has 0 bridgehead atoms. The zero-order valence-electron chi connectivity index (χ0n) is 11.3. The molecular formula is C16H17F2NO. The molecule has 4 heteroatoms. The zero-order chi connectivity index (χ0) is 14.4. The van der Waals surface area contributed by atoms with Crippen molar-refractivity contribution < 1.29 is 13.5 Å². The van der Waals surface area contributed by atoms with Crippen molar-refractivity contribution in [2.24, 2.45) is 0 Å². The number of rotatable bonds is 6. The van der Waals surface area contributed by atoms with Crippen molar-refractivity contribution in [3.8, 4) is 5.75 Å². The molecule has 0 fully saturated rings. The van der Waals surface area contributed by atoms with Crippen LogP contribution >= 0.6 is 0 Å². The number of hydrogen-bond donors (Lipinski definition) is 1. The fourth-order valence-electron chi connectivity index (χ4n) is 1.85. The van der Waals surface area contributed by atoms with E-state index in [1.807, 2.05) is 19.2 Å². The van der Waals surface area contributed by atoms with Crippen molar-refractivity contribution in [3.05, 3.63) is 65.7 Å². The fraction of sp³-hybridized carbons (Fsp3) is 0.250. The van der Waals surface area contributed by atoms with E-state index < -0.39 is 12.5 Å². The van der Waals surface area contributed by atoms with Crippen LogP contribution in [0.25, 0.3) is 0 Å². The topological polar surface area (TPSA) is 21.3 Å². The van der Waals surface area contributed by atoms with Gasteiger partial charge in [-0.1, -0.05) is 42.5 Å². The van der Waals surface area contributed by atoms with E-state index in [9.17, 15) is 8.78 Å². The van der Waals surface area contributed by atoms with Crippen molar-refractivity contribution in [2.45, 2.75) is 12.5 Å². The van der Waals surface area contributed by atoms with Crippen molar-refractivity contribution >= 4 is 0 Å². The van der Waals surface area contributed by atoms with Crippen molar-refractivity contribution in [2.75, 3.05) is 13.7 Å². The number of alkyl halides is 2. The van der Waals surface area contributed by atoms with Crippen molar-refractivity contribution in [1.82, 2.24) is 5.32 Å². The van der Waals surface area contributed by atoms with Crippen LogP contribution < -0.4 is 10.1 Å². The van der Waals surface area contributed by atoms with E-state index in [1.54, 1.807) is 30.3 Å². The molecule has 0 heterocycles. The lowest BCUT2D eigenvalue weighted by atomic mass is 10.1. The highest BCUT2D eigenvalue weighted by Crippen LogP contribution is 2.28. The van der Waals surface area contributed by atoms with E-state index in [0.717, 1.165) is 12.1 Å². The maximum Gasteiger partial charge on any atom is 0.306 e. The zero-order valence-corrected chi connectivity index (χ0v) is 11.3. The van der Waals surface area contributed by atoms with Crippen LogP contribution in [0.5, 0.6) is 5.75 Å². The van der Waals surface area contributed by atoms with Gasteiger partial charge in [-0.05, 0) is 24.7 Å². The van der Waals surface area contributed by atoms with E-state index in [-0.39, 0.29) is 5.56 Å². The first-order chi connectivity index (χ1) is 9.62. The van der Waals surface area contributed by atoms with E-state index >= 15 is 0 Å². The Morgan fingerprint density at radius 1 is 1.00 bits per heavy atom. The second-order valence-electron chi connectivity index (χ2n) is 4.53. The van der Waals surface area contributed by atoms with Gasteiger partial charge >= 0.3 is 5.92 Å². The smallest absolute Gasteiger partial charge is 0.306 e. The molecule has 0 atom stereocenters. The SMILES string of the molecule is CNCc1ccc(OCC(F)(F)c2ccccc2)cc1. The van der Waals surface area contributed by atoms with Gasteiger partial charge < -0.3 is 10.1 Å². The molecule has 0 saturated heterocycles. The quantitative estimate of drug-likeness (QED) is 0.871. The summed E-state index contributed by atoms with van der Waals surface area (Å²) in [4.78, 5) is 0. The molecule has 2 rings (SSSR count). The third-order valence-corrected chi connectivity index (χ3v) is 2.92. The molecule has 0 saturated carbocycles. The van der Waals surface area contributed by atoms with E-state index in [2.05, 4.69) is 5.32 Å². The summed E-state index contributed by atoms with van der Waals surface area (Å²) in [7, 11) is 1.85. The standard InChI is InChI=1S/C16H17F2NO/c1-19-11-13-7-9-15(10-8-13)20-12-16(17,18)14-5-3-2-4-6-14/h2-10,19H,11-12H2,1H3. The fourth-order valence-corrected chi connectivity index (χ4v) is 1.85. The Hall–Kier alpha value is -1.94. The Labute approximate surface area is 117 Å². The molecule has 0 spiro atoms. The maximum absolute atomic E-state index is 13.9. The molecule has 0 radical (unpaired) electrons. The molecule has 20 heavy (non-hydrogen) atoms. The molecule has 0 unspecified atom stereocenters. The Balaban J connectivity index is 1.97. The summed E-state index contributed by atoms with van der Waals surface area (Å²) in [6.45, 7) is 0.0723. The first-order valence-corrected chi connectivity index (χ1v) is 6.41. The van der Waals surface area contributed by atoms with Gasteiger partial charge in [-0.2, -0.15) is 8.78 Å².